The molecule has 3 atom stereocenters. The van der Waals surface area contributed by atoms with E-state index in [4.69, 9.17) is 9.15 Å². The molecule has 158 valence electrons. The van der Waals surface area contributed by atoms with Crippen LogP contribution in [0.2, 0.25) is 0 Å². The number of hydrogen-bond acceptors (Lipinski definition) is 7. The van der Waals surface area contributed by atoms with Crippen molar-refractivity contribution in [1.29, 1.82) is 0 Å². The molecular weight excluding hydrogens is 388 g/mol. The van der Waals surface area contributed by atoms with Gasteiger partial charge in [-0.25, -0.2) is 4.79 Å². The fourth-order valence-corrected chi connectivity index (χ4v) is 4.15. The molecule has 1 aromatic carbocycles. The number of aromatic nitrogens is 2. The third-order valence-electron chi connectivity index (χ3n) is 5.91. The normalized spacial score (nSPS) is 24.7. The number of rotatable bonds is 5. The van der Waals surface area contributed by atoms with E-state index in [-0.39, 0.29) is 17.7 Å². The van der Waals surface area contributed by atoms with Crippen LogP contribution in [0.1, 0.15) is 51.5 Å². The maximum Gasteiger partial charge on any atom is 0.327 e. The van der Waals surface area contributed by atoms with Gasteiger partial charge in [0.1, 0.15) is 12.1 Å². The molecule has 1 saturated carbocycles. The van der Waals surface area contributed by atoms with Crippen molar-refractivity contribution in [2.45, 2.75) is 51.2 Å². The van der Waals surface area contributed by atoms with E-state index in [1.54, 1.807) is 6.92 Å². The Morgan fingerprint density at radius 2 is 2.07 bits per heavy atom. The highest BCUT2D eigenvalue weighted by atomic mass is 16.6. The second-order valence-electron chi connectivity index (χ2n) is 7.88. The zero-order valence-electron chi connectivity index (χ0n) is 17.0. The van der Waals surface area contributed by atoms with Crippen LogP contribution in [0.4, 0.5) is 4.79 Å². The number of esters is 1. The number of nitrogens with one attached hydrogen (secondary N) is 1. The Balaban J connectivity index is 1.39. The number of urea groups is 1. The summed E-state index contributed by atoms with van der Waals surface area (Å²) in [7, 11) is 0. The number of amides is 3. The third-order valence-corrected chi connectivity index (χ3v) is 5.91. The first-order chi connectivity index (χ1) is 14.4. The van der Waals surface area contributed by atoms with Crippen molar-refractivity contribution in [3.05, 3.63) is 36.2 Å². The molecule has 2 heterocycles. The summed E-state index contributed by atoms with van der Waals surface area (Å²) in [6.45, 7) is 3.10. The number of hydrogen-bond donors (Lipinski definition) is 1. The van der Waals surface area contributed by atoms with E-state index in [2.05, 4.69) is 15.5 Å². The van der Waals surface area contributed by atoms with Gasteiger partial charge in [-0.3, -0.25) is 14.5 Å². The van der Waals surface area contributed by atoms with E-state index in [1.165, 1.54) is 0 Å². The van der Waals surface area contributed by atoms with Crippen molar-refractivity contribution in [3.8, 4) is 11.5 Å². The molecule has 1 saturated heterocycles. The quantitative estimate of drug-likeness (QED) is 0.593. The molecule has 2 aromatic rings. The molecule has 9 nitrogen and oxygen atoms in total. The minimum Gasteiger partial charge on any atom is -0.451 e. The summed E-state index contributed by atoms with van der Waals surface area (Å²) in [5, 5.41) is 10.7. The summed E-state index contributed by atoms with van der Waals surface area (Å²) in [6.07, 6.45) is 2.53. The van der Waals surface area contributed by atoms with Crippen molar-refractivity contribution < 1.29 is 23.5 Å². The van der Waals surface area contributed by atoms with Crippen LogP contribution in [0.3, 0.4) is 0 Å². The molecule has 0 unspecified atom stereocenters. The van der Waals surface area contributed by atoms with Gasteiger partial charge < -0.3 is 14.5 Å². The first kappa shape index (κ1) is 20.1. The van der Waals surface area contributed by atoms with Gasteiger partial charge in [0.2, 0.25) is 5.89 Å². The zero-order chi connectivity index (χ0) is 21.3. The van der Waals surface area contributed by atoms with Crippen LogP contribution in [0.25, 0.3) is 11.5 Å². The summed E-state index contributed by atoms with van der Waals surface area (Å²) in [4.78, 5) is 38.7. The molecule has 2 aliphatic rings. The predicted octanol–water partition coefficient (Wildman–Crippen LogP) is 2.84. The molecule has 0 radical (unpaired) electrons. The van der Waals surface area contributed by atoms with E-state index in [1.807, 2.05) is 37.3 Å². The van der Waals surface area contributed by atoms with Gasteiger partial charge in [0, 0.05) is 5.56 Å². The maximum absolute atomic E-state index is 12.9. The van der Waals surface area contributed by atoms with E-state index >= 15 is 0 Å². The molecule has 1 aliphatic heterocycles. The van der Waals surface area contributed by atoms with Gasteiger partial charge in [0.05, 0.1) is 0 Å². The number of ether oxygens (including phenoxy) is 1. The second kappa shape index (κ2) is 7.89. The lowest BCUT2D eigenvalue weighted by Gasteiger charge is -2.36. The van der Waals surface area contributed by atoms with Crippen LogP contribution in [-0.2, 0) is 14.3 Å². The van der Waals surface area contributed by atoms with Crippen LogP contribution in [0.5, 0.6) is 0 Å². The van der Waals surface area contributed by atoms with Gasteiger partial charge in [-0.1, -0.05) is 38.0 Å². The molecule has 1 aliphatic carbocycles. The molecule has 1 spiro atoms. The Bertz CT molecular complexity index is 959. The van der Waals surface area contributed by atoms with E-state index < -0.39 is 30.2 Å². The fourth-order valence-electron chi connectivity index (χ4n) is 4.15. The van der Waals surface area contributed by atoms with Gasteiger partial charge >= 0.3 is 12.0 Å². The van der Waals surface area contributed by atoms with Gasteiger partial charge in [0.15, 0.2) is 6.10 Å². The molecule has 2 fully saturated rings. The van der Waals surface area contributed by atoms with Crippen molar-refractivity contribution in [2.75, 3.05) is 6.54 Å². The summed E-state index contributed by atoms with van der Waals surface area (Å²) in [5.41, 5.74) is -0.154. The first-order valence-electron chi connectivity index (χ1n) is 10.1. The Morgan fingerprint density at radius 3 is 2.80 bits per heavy atom. The first-order valence-corrected chi connectivity index (χ1v) is 10.1. The molecule has 3 amide bonds. The summed E-state index contributed by atoms with van der Waals surface area (Å²) in [6, 6.07) is 8.67. The van der Waals surface area contributed by atoms with Crippen molar-refractivity contribution in [2.24, 2.45) is 5.92 Å². The topological polar surface area (TPSA) is 115 Å². The summed E-state index contributed by atoms with van der Waals surface area (Å²) >= 11 is 0. The molecule has 30 heavy (non-hydrogen) atoms. The number of imide groups is 1. The van der Waals surface area contributed by atoms with Crippen molar-refractivity contribution in [3.63, 3.8) is 0 Å². The minimum absolute atomic E-state index is 0.0254. The largest absolute Gasteiger partial charge is 0.451 e. The average Bonchev–Trinajstić information content (AvgIpc) is 3.32. The average molecular weight is 412 g/mol. The molecular formula is C21H24N4O5. The number of benzene rings is 1. The van der Waals surface area contributed by atoms with Gasteiger partial charge in [-0.2, -0.15) is 0 Å². The zero-order valence-corrected chi connectivity index (χ0v) is 17.0. The highest BCUT2D eigenvalue weighted by Crippen LogP contribution is 2.38. The second-order valence-corrected chi connectivity index (χ2v) is 7.88. The molecule has 4 rings (SSSR count). The van der Waals surface area contributed by atoms with Crippen LogP contribution in [-0.4, -0.2) is 45.1 Å². The SMILES string of the molecule is C[C@H](OC(=O)CN1C(=O)N[C@]2(CCCC[C@H]2C)C1=O)c1nnc(-c2ccccc2)o1. The van der Waals surface area contributed by atoms with Gasteiger partial charge in [-0.15, -0.1) is 10.2 Å². The lowest BCUT2D eigenvalue weighted by molar-refractivity contribution is -0.153. The minimum atomic E-state index is -0.904. The standard InChI is InChI=1S/C21H24N4O5/c1-13-8-6-7-11-21(13)19(27)25(20(28)22-21)12-16(26)29-14(2)17-23-24-18(30-17)15-9-4-3-5-10-15/h3-5,9-10,13-14H,6-8,11-12H2,1-2H3,(H,22,28)/t13-,14+,21+/m1/s1. The summed E-state index contributed by atoms with van der Waals surface area (Å²) < 4.78 is 10.9. The Morgan fingerprint density at radius 1 is 1.30 bits per heavy atom. The molecule has 1 aromatic heterocycles. The van der Waals surface area contributed by atoms with E-state index in [9.17, 15) is 14.4 Å². The highest BCUT2D eigenvalue weighted by molar-refractivity contribution is 6.09. The third kappa shape index (κ3) is 3.55. The van der Waals surface area contributed by atoms with E-state index in [0.29, 0.717) is 12.3 Å². The van der Waals surface area contributed by atoms with Crippen molar-refractivity contribution in [1.82, 2.24) is 20.4 Å². The Hall–Kier alpha value is -3.23. The fraction of sp³-hybridized carbons (Fsp3) is 0.476. The lowest BCUT2D eigenvalue weighted by atomic mass is 9.73. The van der Waals surface area contributed by atoms with Crippen LogP contribution in [0.15, 0.2) is 34.7 Å². The summed E-state index contributed by atoms with van der Waals surface area (Å²) in [5.74, 6) is -0.593. The van der Waals surface area contributed by atoms with Crippen LogP contribution in [0, 0.1) is 5.92 Å². The van der Waals surface area contributed by atoms with Gasteiger partial charge in [-0.05, 0) is 37.8 Å². The highest BCUT2D eigenvalue weighted by Gasteiger charge is 2.55. The van der Waals surface area contributed by atoms with Crippen LogP contribution >= 0.6 is 0 Å². The Kier molecular flexibility index (Phi) is 5.27. The van der Waals surface area contributed by atoms with E-state index in [0.717, 1.165) is 29.7 Å². The van der Waals surface area contributed by atoms with Crippen molar-refractivity contribution >= 4 is 17.9 Å². The van der Waals surface area contributed by atoms with Crippen LogP contribution < -0.4 is 5.32 Å². The molecule has 1 N–H and O–H groups in total. The predicted molar refractivity (Wildman–Crippen MR) is 105 cm³/mol. The lowest BCUT2D eigenvalue weighted by Crippen LogP contribution is -2.54. The van der Waals surface area contributed by atoms with Gasteiger partial charge in [0.25, 0.3) is 11.8 Å². The number of nitrogens with zero attached hydrogens (tertiary/aromatic N) is 3. The maximum atomic E-state index is 12.9. The monoisotopic (exact) mass is 412 g/mol. The Labute approximate surface area is 173 Å². The molecule has 9 heteroatoms. The number of carbonyl (C=O) groups excluding carboxylic acids is 3. The molecule has 0 bridgehead atoms. The number of carbonyl (C=O) groups is 3. The smallest absolute Gasteiger partial charge is 0.327 e.